The van der Waals surface area contributed by atoms with Gasteiger partial charge in [-0.25, -0.2) is 4.99 Å². The second-order valence-electron chi connectivity index (χ2n) is 4.38. The Bertz CT molecular complexity index is 494. The van der Waals surface area contributed by atoms with Crippen LogP contribution in [0.1, 0.15) is 23.3 Å². The third-order valence-electron chi connectivity index (χ3n) is 3.03. The van der Waals surface area contributed by atoms with Crippen LogP contribution in [0.2, 0.25) is 0 Å². The van der Waals surface area contributed by atoms with Crippen molar-refractivity contribution in [2.24, 2.45) is 10.7 Å². The van der Waals surface area contributed by atoms with Crippen molar-refractivity contribution in [3.63, 3.8) is 0 Å². The molecular weight excluding hydrogens is 246 g/mol. The van der Waals surface area contributed by atoms with Crippen molar-refractivity contribution in [2.75, 3.05) is 13.6 Å². The molecule has 0 bridgehead atoms. The van der Waals surface area contributed by atoms with Crippen LogP contribution in [0.3, 0.4) is 0 Å². The van der Waals surface area contributed by atoms with Crippen molar-refractivity contribution >= 4 is 17.8 Å². The quantitative estimate of drug-likeness (QED) is 0.634. The zero-order valence-electron chi connectivity index (χ0n) is 10.7. The van der Waals surface area contributed by atoms with Crippen molar-refractivity contribution in [3.05, 3.63) is 24.0 Å². The largest absolute Gasteiger partial charge is 0.369 e. The minimum Gasteiger partial charge on any atom is -0.369 e. The first kappa shape index (κ1) is 13.1. The average molecular weight is 263 g/mol. The fraction of sp³-hybridized carbons (Fsp3) is 0.417. The Morgan fingerprint density at radius 2 is 2.42 bits per heavy atom. The third kappa shape index (κ3) is 2.93. The van der Waals surface area contributed by atoms with Crippen LogP contribution >= 0.6 is 0 Å². The smallest absolute Gasteiger partial charge is 0.267 e. The van der Waals surface area contributed by atoms with Crippen LogP contribution in [0.25, 0.3) is 0 Å². The Morgan fingerprint density at radius 3 is 3.00 bits per heavy atom. The maximum atomic E-state index is 11.7. The molecule has 2 amide bonds. The Morgan fingerprint density at radius 1 is 1.63 bits per heavy atom. The van der Waals surface area contributed by atoms with Gasteiger partial charge in [-0.1, -0.05) is 0 Å². The number of guanidine groups is 1. The first-order chi connectivity index (χ1) is 9.09. The SMILES string of the molecule is CN1C(=O)C(CCCNC(=O)c2ccc[nH]2)N=C1N. The molecule has 1 aromatic rings. The highest BCUT2D eigenvalue weighted by atomic mass is 16.2. The molecule has 4 N–H and O–H groups in total. The van der Waals surface area contributed by atoms with Crippen LogP contribution < -0.4 is 11.1 Å². The molecule has 1 aliphatic heterocycles. The molecule has 0 aliphatic carbocycles. The number of carbonyl (C=O) groups excluding carboxylic acids is 2. The molecule has 102 valence electrons. The number of hydrogen-bond acceptors (Lipinski definition) is 4. The van der Waals surface area contributed by atoms with Crippen molar-refractivity contribution < 1.29 is 9.59 Å². The van der Waals surface area contributed by atoms with Crippen LogP contribution in [-0.2, 0) is 4.79 Å². The second kappa shape index (κ2) is 5.55. The molecule has 2 heterocycles. The summed E-state index contributed by atoms with van der Waals surface area (Å²) in [6.07, 6.45) is 2.95. The maximum Gasteiger partial charge on any atom is 0.267 e. The highest BCUT2D eigenvalue weighted by Gasteiger charge is 2.29. The van der Waals surface area contributed by atoms with E-state index in [0.29, 0.717) is 25.1 Å². The number of hydrogen-bond donors (Lipinski definition) is 3. The van der Waals surface area contributed by atoms with E-state index in [2.05, 4.69) is 15.3 Å². The van der Waals surface area contributed by atoms with Gasteiger partial charge in [-0.15, -0.1) is 0 Å². The van der Waals surface area contributed by atoms with Gasteiger partial charge in [0.2, 0.25) is 0 Å². The van der Waals surface area contributed by atoms with E-state index in [4.69, 9.17) is 5.73 Å². The number of aromatic amines is 1. The van der Waals surface area contributed by atoms with Crippen molar-refractivity contribution in [3.8, 4) is 0 Å². The minimum absolute atomic E-state index is 0.0896. The number of nitrogens with zero attached hydrogens (tertiary/aromatic N) is 2. The van der Waals surface area contributed by atoms with Gasteiger partial charge in [0.1, 0.15) is 11.7 Å². The number of carbonyl (C=O) groups is 2. The Hall–Kier alpha value is -2.31. The van der Waals surface area contributed by atoms with Gasteiger partial charge in [0.25, 0.3) is 11.8 Å². The molecule has 1 unspecified atom stereocenters. The summed E-state index contributed by atoms with van der Waals surface area (Å²) in [4.78, 5) is 31.5. The number of aliphatic imine (C=N–C) groups is 1. The number of likely N-dealkylation sites (N-methyl/N-ethyl adjacent to an activating group) is 1. The van der Waals surface area contributed by atoms with E-state index in [1.165, 1.54) is 4.90 Å². The summed E-state index contributed by atoms with van der Waals surface area (Å²) in [6, 6.07) is 3.06. The van der Waals surface area contributed by atoms with Gasteiger partial charge in [-0.3, -0.25) is 14.5 Å². The number of H-pyrrole nitrogens is 1. The molecule has 1 aliphatic rings. The Labute approximate surface area is 110 Å². The summed E-state index contributed by atoms with van der Waals surface area (Å²) < 4.78 is 0. The zero-order valence-corrected chi connectivity index (χ0v) is 10.7. The summed E-state index contributed by atoms with van der Waals surface area (Å²) in [5.41, 5.74) is 6.08. The zero-order chi connectivity index (χ0) is 13.8. The maximum absolute atomic E-state index is 11.7. The van der Waals surface area contributed by atoms with Crippen LogP contribution in [-0.4, -0.2) is 47.3 Å². The molecule has 7 heteroatoms. The number of rotatable bonds is 5. The van der Waals surface area contributed by atoms with E-state index in [1.807, 2.05) is 0 Å². The monoisotopic (exact) mass is 263 g/mol. The van der Waals surface area contributed by atoms with Crippen LogP contribution in [0.4, 0.5) is 0 Å². The molecular formula is C12H17N5O2. The predicted octanol–water partition coefficient (Wildman–Crippen LogP) is -0.320. The number of aromatic nitrogens is 1. The Kier molecular flexibility index (Phi) is 3.84. The fourth-order valence-electron chi connectivity index (χ4n) is 1.89. The van der Waals surface area contributed by atoms with E-state index in [9.17, 15) is 9.59 Å². The number of nitrogens with two attached hydrogens (primary N) is 1. The van der Waals surface area contributed by atoms with E-state index >= 15 is 0 Å². The fourth-order valence-corrected chi connectivity index (χ4v) is 1.89. The molecule has 7 nitrogen and oxygen atoms in total. The standard InChI is InChI=1S/C12H17N5O2/c1-17-11(19)9(16-12(17)13)5-3-7-15-10(18)8-4-2-6-14-8/h2,4,6,9,14H,3,5,7H2,1H3,(H2,13,16)(H,15,18). The molecule has 0 radical (unpaired) electrons. The summed E-state index contributed by atoms with van der Waals surface area (Å²) in [7, 11) is 1.61. The lowest BCUT2D eigenvalue weighted by molar-refractivity contribution is -0.126. The topological polar surface area (TPSA) is 104 Å². The van der Waals surface area contributed by atoms with Gasteiger partial charge in [0.05, 0.1) is 0 Å². The van der Waals surface area contributed by atoms with Gasteiger partial charge in [-0.2, -0.15) is 0 Å². The van der Waals surface area contributed by atoms with Crippen molar-refractivity contribution in [1.29, 1.82) is 0 Å². The highest BCUT2D eigenvalue weighted by Crippen LogP contribution is 2.11. The van der Waals surface area contributed by atoms with Crippen molar-refractivity contribution in [2.45, 2.75) is 18.9 Å². The molecule has 1 atom stereocenters. The molecule has 2 rings (SSSR count). The molecule has 0 fully saturated rings. The van der Waals surface area contributed by atoms with Gasteiger partial charge >= 0.3 is 0 Å². The third-order valence-corrected chi connectivity index (χ3v) is 3.03. The van der Waals surface area contributed by atoms with E-state index < -0.39 is 6.04 Å². The van der Waals surface area contributed by atoms with Crippen LogP contribution in [0, 0.1) is 0 Å². The lowest BCUT2D eigenvalue weighted by atomic mass is 10.1. The summed E-state index contributed by atoms with van der Waals surface area (Å²) >= 11 is 0. The molecule has 0 spiro atoms. The van der Waals surface area contributed by atoms with Gasteiger partial charge in [0.15, 0.2) is 5.96 Å². The van der Waals surface area contributed by atoms with Crippen molar-refractivity contribution in [1.82, 2.24) is 15.2 Å². The van der Waals surface area contributed by atoms with Crippen LogP contribution in [0.5, 0.6) is 0 Å². The second-order valence-corrected chi connectivity index (χ2v) is 4.38. The lowest BCUT2D eigenvalue weighted by Crippen LogP contribution is -2.35. The first-order valence-corrected chi connectivity index (χ1v) is 6.12. The molecule has 0 aromatic carbocycles. The first-order valence-electron chi connectivity index (χ1n) is 6.12. The van der Waals surface area contributed by atoms with Gasteiger partial charge < -0.3 is 16.0 Å². The number of amides is 2. The lowest BCUT2D eigenvalue weighted by Gasteiger charge is -2.09. The average Bonchev–Trinajstić information content (AvgIpc) is 3.00. The summed E-state index contributed by atoms with van der Waals surface area (Å²) in [5.74, 6) is 0.0153. The van der Waals surface area contributed by atoms with E-state index in [1.54, 1.807) is 25.4 Å². The minimum atomic E-state index is -0.410. The van der Waals surface area contributed by atoms with E-state index in [0.717, 1.165) is 0 Å². The van der Waals surface area contributed by atoms with E-state index in [-0.39, 0.29) is 17.8 Å². The molecule has 19 heavy (non-hydrogen) atoms. The summed E-state index contributed by atoms with van der Waals surface area (Å²) in [6.45, 7) is 0.501. The van der Waals surface area contributed by atoms with Gasteiger partial charge in [-0.05, 0) is 25.0 Å². The van der Waals surface area contributed by atoms with Crippen LogP contribution in [0.15, 0.2) is 23.3 Å². The molecule has 1 aromatic heterocycles. The number of nitrogens with one attached hydrogen (secondary N) is 2. The molecule has 0 saturated carbocycles. The predicted molar refractivity (Wildman–Crippen MR) is 70.5 cm³/mol. The molecule has 0 saturated heterocycles. The normalized spacial score (nSPS) is 18.6. The highest BCUT2D eigenvalue weighted by molar-refractivity contribution is 6.03. The summed E-state index contributed by atoms with van der Waals surface area (Å²) in [5, 5.41) is 2.77. The van der Waals surface area contributed by atoms with Gasteiger partial charge in [0, 0.05) is 19.8 Å². The Balaban J connectivity index is 1.71.